The molecule has 112 valence electrons. The fourth-order valence-corrected chi connectivity index (χ4v) is 2.14. The maximum absolute atomic E-state index is 13.9. The monoisotopic (exact) mass is 289 g/mol. The smallest absolute Gasteiger partial charge is 0.165 e. The normalized spacial score (nSPS) is 13.6. The van der Waals surface area contributed by atoms with Gasteiger partial charge in [-0.05, 0) is 49.2 Å². The summed E-state index contributed by atoms with van der Waals surface area (Å²) in [6.45, 7) is 3.72. The molecule has 0 spiro atoms. The van der Waals surface area contributed by atoms with Gasteiger partial charge in [0, 0.05) is 6.04 Å². The summed E-state index contributed by atoms with van der Waals surface area (Å²) >= 11 is 0. The molecule has 2 N–H and O–H groups in total. The summed E-state index contributed by atoms with van der Waals surface area (Å²) in [5.41, 5.74) is 7.79. The number of hydrogen-bond acceptors (Lipinski definition) is 3. The zero-order valence-corrected chi connectivity index (χ0v) is 12.5. The number of ether oxygens (including phenoxy) is 2. The molecule has 2 rings (SSSR count). The zero-order valence-electron chi connectivity index (χ0n) is 12.5. The Bertz CT molecular complexity index is 613. The number of benzene rings is 2. The van der Waals surface area contributed by atoms with Crippen LogP contribution in [0.1, 0.15) is 24.2 Å². The van der Waals surface area contributed by atoms with Crippen LogP contribution in [-0.2, 0) is 0 Å². The van der Waals surface area contributed by atoms with E-state index in [1.165, 1.54) is 6.07 Å². The van der Waals surface area contributed by atoms with Crippen molar-refractivity contribution in [2.24, 2.45) is 5.73 Å². The van der Waals surface area contributed by atoms with Crippen molar-refractivity contribution in [2.45, 2.75) is 26.0 Å². The summed E-state index contributed by atoms with van der Waals surface area (Å²) < 4.78 is 24.9. The summed E-state index contributed by atoms with van der Waals surface area (Å²) in [6.07, 6.45) is -0.448. The van der Waals surface area contributed by atoms with Crippen LogP contribution in [-0.4, -0.2) is 13.2 Å². The summed E-state index contributed by atoms with van der Waals surface area (Å²) in [6, 6.07) is 11.9. The number of halogens is 1. The van der Waals surface area contributed by atoms with Crippen LogP contribution < -0.4 is 15.2 Å². The first-order valence-corrected chi connectivity index (χ1v) is 6.83. The first kappa shape index (κ1) is 15.3. The van der Waals surface area contributed by atoms with Crippen molar-refractivity contribution in [3.63, 3.8) is 0 Å². The Morgan fingerprint density at radius 2 is 1.90 bits per heavy atom. The molecule has 2 unspecified atom stereocenters. The van der Waals surface area contributed by atoms with Crippen molar-refractivity contribution >= 4 is 0 Å². The second-order valence-electron chi connectivity index (χ2n) is 5.11. The van der Waals surface area contributed by atoms with E-state index in [9.17, 15) is 4.39 Å². The van der Waals surface area contributed by atoms with Crippen molar-refractivity contribution in [1.29, 1.82) is 0 Å². The lowest BCUT2D eigenvalue weighted by molar-refractivity contribution is 0.172. The highest BCUT2D eigenvalue weighted by atomic mass is 19.1. The van der Waals surface area contributed by atoms with E-state index in [1.807, 2.05) is 38.1 Å². The van der Waals surface area contributed by atoms with Crippen molar-refractivity contribution in [1.82, 2.24) is 0 Å². The molecule has 2 aromatic rings. The van der Waals surface area contributed by atoms with E-state index in [4.69, 9.17) is 15.2 Å². The molecule has 0 aliphatic rings. The third-order valence-electron chi connectivity index (χ3n) is 3.24. The predicted octanol–water partition coefficient (Wildman–Crippen LogP) is 3.61. The quantitative estimate of drug-likeness (QED) is 0.914. The standard InChI is InChI=1S/C17H20FNO2/c1-11-7-8-15(18)16(9-11)21-17(12(2)19)13-5-4-6-14(10-13)20-3/h4-10,12,17H,19H2,1-3H3. The van der Waals surface area contributed by atoms with E-state index < -0.39 is 11.9 Å². The summed E-state index contributed by atoms with van der Waals surface area (Å²) in [5.74, 6) is 0.528. The van der Waals surface area contributed by atoms with Gasteiger partial charge in [0.2, 0.25) is 0 Å². The second-order valence-corrected chi connectivity index (χ2v) is 5.11. The highest BCUT2D eigenvalue weighted by Crippen LogP contribution is 2.29. The van der Waals surface area contributed by atoms with Crippen molar-refractivity contribution in [3.05, 3.63) is 59.4 Å². The van der Waals surface area contributed by atoms with Crippen LogP contribution in [0.25, 0.3) is 0 Å². The van der Waals surface area contributed by atoms with Gasteiger partial charge in [0.25, 0.3) is 0 Å². The van der Waals surface area contributed by atoms with E-state index >= 15 is 0 Å². The van der Waals surface area contributed by atoms with Gasteiger partial charge in [0.05, 0.1) is 7.11 Å². The minimum Gasteiger partial charge on any atom is -0.497 e. The Labute approximate surface area is 124 Å². The Balaban J connectivity index is 2.33. The second kappa shape index (κ2) is 6.59. The van der Waals surface area contributed by atoms with Gasteiger partial charge in [-0.1, -0.05) is 18.2 Å². The lowest BCUT2D eigenvalue weighted by Crippen LogP contribution is -2.29. The number of aryl methyl sites for hydroxylation is 1. The first-order chi connectivity index (χ1) is 10.0. The third kappa shape index (κ3) is 3.73. The summed E-state index contributed by atoms with van der Waals surface area (Å²) in [4.78, 5) is 0. The molecule has 0 saturated carbocycles. The minimum atomic E-state index is -0.448. The van der Waals surface area contributed by atoms with Gasteiger partial charge >= 0.3 is 0 Å². The lowest BCUT2D eigenvalue weighted by Gasteiger charge is -2.23. The number of rotatable bonds is 5. The Kier molecular flexibility index (Phi) is 4.81. The maximum Gasteiger partial charge on any atom is 0.165 e. The van der Waals surface area contributed by atoms with Crippen LogP contribution in [0.4, 0.5) is 4.39 Å². The molecule has 3 nitrogen and oxygen atoms in total. The average molecular weight is 289 g/mol. The van der Waals surface area contributed by atoms with Crippen LogP contribution >= 0.6 is 0 Å². The molecular formula is C17H20FNO2. The van der Waals surface area contributed by atoms with Gasteiger partial charge in [0.1, 0.15) is 11.9 Å². The van der Waals surface area contributed by atoms with Crippen LogP contribution in [0.5, 0.6) is 11.5 Å². The molecule has 4 heteroatoms. The molecule has 0 bridgehead atoms. The molecule has 0 aromatic heterocycles. The topological polar surface area (TPSA) is 44.5 Å². The van der Waals surface area contributed by atoms with E-state index in [1.54, 1.807) is 19.2 Å². The molecule has 0 heterocycles. The van der Waals surface area contributed by atoms with Gasteiger partial charge in [0.15, 0.2) is 11.6 Å². The maximum atomic E-state index is 13.9. The van der Waals surface area contributed by atoms with E-state index in [2.05, 4.69) is 0 Å². The molecule has 0 aliphatic carbocycles. The van der Waals surface area contributed by atoms with Crippen LogP contribution in [0, 0.1) is 12.7 Å². The van der Waals surface area contributed by atoms with Crippen LogP contribution in [0.15, 0.2) is 42.5 Å². The average Bonchev–Trinajstić information content (AvgIpc) is 2.47. The largest absolute Gasteiger partial charge is 0.497 e. The van der Waals surface area contributed by atoms with Gasteiger partial charge in [-0.25, -0.2) is 4.39 Å². The molecule has 0 amide bonds. The fourth-order valence-electron chi connectivity index (χ4n) is 2.14. The molecule has 21 heavy (non-hydrogen) atoms. The molecule has 0 saturated heterocycles. The van der Waals surface area contributed by atoms with Crippen LogP contribution in [0.3, 0.4) is 0 Å². The third-order valence-corrected chi connectivity index (χ3v) is 3.24. The molecule has 0 radical (unpaired) electrons. The SMILES string of the molecule is COc1cccc(C(Oc2cc(C)ccc2F)C(C)N)c1. The molecule has 0 fully saturated rings. The molecule has 2 atom stereocenters. The predicted molar refractivity (Wildman–Crippen MR) is 81.1 cm³/mol. The van der Waals surface area contributed by atoms with E-state index in [0.29, 0.717) is 5.75 Å². The highest BCUT2D eigenvalue weighted by Gasteiger charge is 2.20. The lowest BCUT2D eigenvalue weighted by atomic mass is 10.0. The molecular weight excluding hydrogens is 269 g/mol. The zero-order chi connectivity index (χ0) is 15.4. The Morgan fingerprint density at radius 3 is 2.57 bits per heavy atom. The van der Waals surface area contributed by atoms with E-state index in [-0.39, 0.29) is 11.8 Å². The van der Waals surface area contributed by atoms with Gasteiger partial charge in [-0.2, -0.15) is 0 Å². The van der Waals surface area contributed by atoms with Gasteiger partial charge < -0.3 is 15.2 Å². The Morgan fingerprint density at radius 1 is 1.14 bits per heavy atom. The number of hydrogen-bond donors (Lipinski definition) is 1. The fraction of sp³-hybridized carbons (Fsp3) is 0.294. The van der Waals surface area contributed by atoms with Crippen molar-refractivity contribution in [3.8, 4) is 11.5 Å². The Hall–Kier alpha value is -2.07. The minimum absolute atomic E-state index is 0.208. The molecule has 0 aliphatic heterocycles. The highest BCUT2D eigenvalue weighted by molar-refractivity contribution is 5.33. The number of methoxy groups -OCH3 is 1. The summed E-state index contributed by atoms with van der Waals surface area (Å²) in [5, 5.41) is 0. The first-order valence-electron chi connectivity index (χ1n) is 6.83. The van der Waals surface area contributed by atoms with E-state index in [0.717, 1.165) is 11.1 Å². The van der Waals surface area contributed by atoms with Crippen molar-refractivity contribution in [2.75, 3.05) is 7.11 Å². The van der Waals surface area contributed by atoms with Crippen LogP contribution in [0.2, 0.25) is 0 Å². The van der Waals surface area contributed by atoms with Crippen molar-refractivity contribution < 1.29 is 13.9 Å². The summed E-state index contributed by atoms with van der Waals surface area (Å²) in [7, 11) is 1.60. The van der Waals surface area contributed by atoms with Gasteiger partial charge in [-0.3, -0.25) is 0 Å². The molecule has 2 aromatic carbocycles. The van der Waals surface area contributed by atoms with Gasteiger partial charge in [-0.15, -0.1) is 0 Å². The number of nitrogens with two attached hydrogens (primary N) is 1.